The van der Waals surface area contributed by atoms with Crippen LogP contribution in [0.15, 0.2) is 18.6 Å². The van der Waals surface area contributed by atoms with Crippen molar-refractivity contribution in [2.45, 2.75) is 32.4 Å². The molecule has 2 rings (SSSR count). The van der Waals surface area contributed by atoms with E-state index in [1.54, 1.807) is 6.20 Å². The number of halogens is 3. The minimum atomic E-state index is -4.42. The Morgan fingerprint density at radius 1 is 1.18 bits per heavy atom. The van der Waals surface area contributed by atoms with E-state index in [0.29, 0.717) is 5.56 Å². The van der Waals surface area contributed by atoms with Crippen LogP contribution >= 0.6 is 0 Å². The second kappa shape index (κ2) is 3.45. The fourth-order valence-corrected chi connectivity index (χ4v) is 1.55. The lowest BCUT2D eigenvalue weighted by Gasteiger charge is -2.20. The van der Waals surface area contributed by atoms with E-state index >= 15 is 0 Å². The highest BCUT2D eigenvalue weighted by molar-refractivity contribution is 5.50. The van der Waals surface area contributed by atoms with Gasteiger partial charge in [0.25, 0.3) is 0 Å². The lowest BCUT2D eigenvalue weighted by Crippen LogP contribution is -2.16. The SMILES string of the molecule is CC(C)(C)c1cc(C(F)(F)F)c2ncnn2c1. The van der Waals surface area contributed by atoms with Crippen LogP contribution in [0.3, 0.4) is 0 Å². The van der Waals surface area contributed by atoms with Gasteiger partial charge in [0.15, 0.2) is 5.65 Å². The summed E-state index contributed by atoms with van der Waals surface area (Å²) in [5.74, 6) is 0. The van der Waals surface area contributed by atoms with Gasteiger partial charge in [0.1, 0.15) is 11.9 Å². The van der Waals surface area contributed by atoms with Gasteiger partial charge in [-0.15, -0.1) is 0 Å². The Kier molecular flexibility index (Phi) is 2.41. The van der Waals surface area contributed by atoms with E-state index in [9.17, 15) is 13.2 Å². The van der Waals surface area contributed by atoms with Gasteiger partial charge < -0.3 is 0 Å². The molecule has 0 aliphatic rings. The molecular weight excluding hydrogens is 231 g/mol. The summed E-state index contributed by atoms with van der Waals surface area (Å²) in [5.41, 5.74) is -0.712. The van der Waals surface area contributed by atoms with Gasteiger partial charge in [0, 0.05) is 6.20 Å². The maximum absolute atomic E-state index is 12.9. The van der Waals surface area contributed by atoms with E-state index in [-0.39, 0.29) is 11.1 Å². The summed E-state index contributed by atoms with van der Waals surface area (Å²) >= 11 is 0. The van der Waals surface area contributed by atoms with Gasteiger partial charge in [-0.1, -0.05) is 20.8 Å². The predicted octanol–water partition coefficient (Wildman–Crippen LogP) is 3.05. The number of nitrogens with zero attached hydrogens (tertiary/aromatic N) is 3. The highest BCUT2D eigenvalue weighted by Crippen LogP contribution is 2.34. The molecule has 6 heteroatoms. The van der Waals surface area contributed by atoms with Crippen LogP contribution in [-0.4, -0.2) is 14.6 Å². The van der Waals surface area contributed by atoms with E-state index in [4.69, 9.17) is 0 Å². The van der Waals surface area contributed by atoms with Crippen LogP contribution in [0.4, 0.5) is 13.2 Å². The largest absolute Gasteiger partial charge is 0.420 e. The topological polar surface area (TPSA) is 30.2 Å². The third kappa shape index (κ3) is 2.11. The highest BCUT2D eigenvalue weighted by atomic mass is 19.4. The van der Waals surface area contributed by atoms with Crippen LogP contribution < -0.4 is 0 Å². The van der Waals surface area contributed by atoms with Crippen molar-refractivity contribution >= 4 is 5.65 Å². The zero-order valence-electron chi connectivity index (χ0n) is 9.71. The zero-order valence-corrected chi connectivity index (χ0v) is 9.71. The van der Waals surface area contributed by atoms with Crippen molar-refractivity contribution in [1.82, 2.24) is 14.6 Å². The van der Waals surface area contributed by atoms with E-state index in [1.165, 1.54) is 4.52 Å². The van der Waals surface area contributed by atoms with Crippen molar-refractivity contribution in [1.29, 1.82) is 0 Å². The van der Waals surface area contributed by atoms with E-state index in [1.807, 2.05) is 20.8 Å². The normalized spacial score (nSPS) is 13.3. The van der Waals surface area contributed by atoms with Crippen molar-refractivity contribution in [2.24, 2.45) is 0 Å². The van der Waals surface area contributed by atoms with Gasteiger partial charge in [0.05, 0.1) is 0 Å². The van der Waals surface area contributed by atoms with Crippen molar-refractivity contribution < 1.29 is 13.2 Å². The van der Waals surface area contributed by atoms with Gasteiger partial charge in [-0.05, 0) is 17.0 Å². The number of fused-ring (bicyclic) bond motifs is 1. The third-order valence-corrected chi connectivity index (χ3v) is 2.55. The molecule has 17 heavy (non-hydrogen) atoms. The highest BCUT2D eigenvalue weighted by Gasteiger charge is 2.35. The molecule has 0 N–H and O–H groups in total. The van der Waals surface area contributed by atoms with E-state index in [0.717, 1.165) is 12.4 Å². The van der Waals surface area contributed by atoms with Crippen LogP contribution in [0.5, 0.6) is 0 Å². The first-order chi connectivity index (χ1) is 7.69. The van der Waals surface area contributed by atoms with Crippen molar-refractivity contribution in [3.05, 3.63) is 29.7 Å². The molecule has 2 heterocycles. The smallest absolute Gasteiger partial charge is 0.220 e. The zero-order chi connectivity index (χ0) is 12.8. The molecule has 0 unspecified atom stereocenters. The second-order valence-corrected chi connectivity index (χ2v) is 4.92. The molecule has 0 amide bonds. The second-order valence-electron chi connectivity index (χ2n) is 4.92. The van der Waals surface area contributed by atoms with Crippen LogP contribution in [0, 0.1) is 0 Å². The maximum atomic E-state index is 12.9. The summed E-state index contributed by atoms with van der Waals surface area (Å²) in [6.45, 7) is 5.56. The fourth-order valence-electron chi connectivity index (χ4n) is 1.55. The third-order valence-electron chi connectivity index (χ3n) is 2.55. The molecule has 0 aliphatic heterocycles. The van der Waals surface area contributed by atoms with Crippen LogP contribution in [0.2, 0.25) is 0 Å². The van der Waals surface area contributed by atoms with Crippen molar-refractivity contribution in [3.8, 4) is 0 Å². The molecule has 2 aromatic rings. The summed E-state index contributed by atoms with van der Waals surface area (Å²) < 4.78 is 39.8. The predicted molar refractivity (Wildman–Crippen MR) is 56.7 cm³/mol. The first-order valence-electron chi connectivity index (χ1n) is 5.10. The molecule has 3 nitrogen and oxygen atoms in total. The number of aromatic nitrogens is 3. The summed E-state index contributed by atoms with van der Waals surface area (Å²) in [6, 6.07) is 1.14. The Bertz CT molecular complexity index is 549. The Hall–Kier alpha value is -1.59. The van der Waals surface area contributed by atoms with Crippen LogP contribution in [-0.2, 0) is 11.6 Å². The Morgan fingerprint density at radius 2 is 1.82 bits per heavy atom. The molecule has 0 aromatic carbocycles. The molecule has 0 radical (unpaired) electrons. The molecule has 0 fully saturated rings. The maximum Gasteiger partial charge on any atom is 0.420 e. The molecule has 0 spiro atoms. The average molecular weight is 243 g/mol. The lowest BCUT2D eigenvalue weighted by atomic mass is 9.87. The lowest BCUT2D eigenvalue weighted by molar-refractivity contribution is -0.136. The number of pyridine rings is 1. The molecular formula is C11H12F3N3. The summed E-state index contributed by atoms with van der Waals surface area (Å²) in [4.78, 5) is 3.64. The number of rotatable bonds is 0. The fraction of sp³-hybridized carbons (Fsp3) is 0.455. The van der Waals surface area contributed by atoms with Gasteiger partial charge >= 0.3 is 6.18 Å². The van der Waals surface area contributed by atoms with E-state index in [2.05, 4.69) is 10.1 Å². The standard InChI is InChI=1S/C11H12F3N3/c1-10(2,3)7-4-8(11(12,13)14)9-15-6-16-17(9)5-7/h4-6H,1-3H3. The molecule has 92 valence electrons. The number of hydrogen-bond donors (Lipinski definition) is 0. The first-order valence-corrected chi connectivity index (χ1v) is 5.10. The molecule has 2 aromatic heterocycles. The molecule has 0 aliphatic carbocycles. The summed E-state index contributed by atoms with van der Waals surface area (Å²) in [7, 11) is 0. The minimum absolute atomic E-state index is 0.162. The van der Waals surface area contributed by atoms with Gasteiger partial charge in [0.2, 0.25) is 0 Å². The van der Waals surface area contributed by atoms with E-state index < -0.39 is 11.7 Å². The molecule has 0 saturated carbocycles. The van der Waals surface area contributed by atoms with Gasteiger partial charge in [-0.3, -0.25) is 0 Å². The Morgan fingerprint density at radius 3 is 2.35 bits per heavy atom. The average Bonchev–Trinajstić information content (AvgIpc) is 2.59. The van der Waals surface area contributed by atoms with Crippen LogP contribution in [0.25, 0.3) is 5.65 Å². The van der Waals surface area contributed by atoms with Crippen molar-refractivity contribution in [3.63, 3.8) is 0 Å². The monoisotopic (exact) mass is 243 g/mol. The number of alkyl halides is 3. The molecule has 0 bridgehead atoms. The molecule has 0 atom stereocenters. The van der Waals surface area contributed by atoms with Crippen LogP contribution in [0.1, 0.15) is 31.9 Å². The quantitative estimate of drug-likeness (QED) is 0.711. The first kappa shape index (κ1) is 11.9. The Balaban J connectivity index is 2.76. The van der Waals surface area contributed by atoms with Gasteiger partial charge in [-0.2, -0.15) is 18.3 Å². The van der Waals surface area contributed by atoms with Gasteiger partial charge in [-0.25, -0.2) is 9.50 Å². The summed E-state index contributed by atoms with van der Waals surface area (Å²) in [6.07, 6.45) is -1.72. The Labute approximate surface area is 96.3 Å². The number of hydrogen-bond acceptors (Lipinski definition) is 2. The summed E-state index contributed by atoms with van der Waals surface area (Å²) in [5, 5.41) is 3.77. The minimum Gasteiger partial charge on any atom is -0.220 e. The molecule has 0 saturated heterocycles. The van der Waals surface area contributed by atoms with Crippen molar-refractivity contribution in [2.75, 3.05) is 0 Å².